The first-order valence-electron chi connectivity index (χ1n) is 0. The van der Waals surface area contributed by atoms with E-state index in [2.05, 4.69) is 0 Å². The van der Waals surface area contributed by atoms with E-state index in [1.807, 2.05) is 0 Å². The molecule has 0 amide bonds. The van der Waals surface area contributed by atoms with Crippen molar-refractivity contribution in [2.75, 3.05) is 0 Å². The predicted molar refractivity (Wildman–Crippen MR) is 17.3 cm³/mol. The molecule has 0 bridgehead atoms. The van der Waals surface area contributed by atoms with Gasteiger partial charge in [0, 0.05) is 134 Å². The maximum Gasteiger partial charge on any atom is 0 e. The topological polar surface area (TPSA) is 0 Å². The zero-order valence-electron chi connectivity index (χ0n) is 2.70. The number of hydrogen-bond donors (Lipinski definition) is 0. The molecular weight excluding hydrogens is 605 g/mol. The van der Waals surface area contributed by atoms with Crippen molar-refractivity contribution in [1.82, 2.24) is 0 Å². The van der Waals surface area contributed by atoms with Crippen LogP contribution in [-0.2, 0) is 61.8 Å². The summed E-state index contributed by atoms with van der Waals surface area (Å²) in [5.74, 6) is 0. The fourth-order valence-electron chi connectivity index (χ4n) is 0. The molecule has 0 aliphatic heterocycles. The molecule has 0 aliphatic carbocycles. The van der Waals surface area contributed by atoms with Crippen LogP contribution in [0.2, 0.25) is 0 Å². The molecule has 0 N–H and O–H groups in total. The first-order chi connectivity index (χ1) is 0. The maximum atomic E-state index is 0. The van der Waals surface area contributed by atoms with Crippen LogP contribution < -0.4 is 0 Å². The van der Waals surface area contributed by atoms with Gasteiger partial charge in [-0.3, -0.25) is 0 Å². The van der Waals surface area contributed by atoms with Crippen LogP contribution in [0.15, 0.2) is 0 Å². The average Bonchev–Trinajstić information content (AvgIpc) is 0. The maximum absolute atomic E-state index is 0. The van der Waals surface area contributed by atoms with E-state index < -0.39 is 0 Å². The van der Waals surface area contributed by atoms with Gasteiger partial charge in [0.25, 0.3) is 0 Å². The van der Waals surface area contributed by atoms with Crippen molar-refractivity contribution in [1.29, 1.82) is 0 Å². The molecule has 0 heterocycles. The first kappa shape index (κ1) is 47.5. The Bertz CT molecular complexity index is 8.75. The summed E-state index contributed by atoms with van der Waals surface area (Å²) in [5, 5.41) is 0. The fraction of sp³-hybridized carbons (Fsp3) is 0. The smallest absolute Gasteiger partial charge is 0 e. The van der Waals surface area contributed by atoms with Crippen LogP contribution in [0.4, 0.5) is 0 Å². The molecule has 0 aromatic rings. The zero-order valence-corrected chi connectivity index (χ0v) is 16.6. The van der Waals surface area contributed by atoms with Gasteiger partial charge in [-0.05, 0) is 0 Å². The van der Waals surface area contributed by atoms with E-state index in [1.165, 1.54) is 0 Å². The number of rotatable bonds is 0. The van der Waals surface area contributed by atoms with Crippen molar-refractivity contribution in [2.24, 2.45) is 0 Å². The largest absolute Gasteiger partial charge is 0 e. The zero-order chi connectivity index (χ0) is 0. The molecule has 0 saturated carbocycles. The molecule has 15 radical (unpaired) electrons. The molecule has 6 heteroatoms. The quantitative estimate of drug-likeness (QED) is 0.307. The van der Waals surface area contributed by atoms with Crippen LogP contribution in [-0.4, -0.2) is 71.7 Å². The van der Waals surface area contributed by atoms with Crippen molar-refractivity contribution < 1.29 is 61.8 Å². The van der Waals surface area contributed by atoms with Crippen molar-refractivity contribution in [3.63, 3.8) is 0 Å². The van der Waals surface area contributed by atoms with E-state index in [-0.39, 0.29) is 134 Å². The van der Waals surface area contributed by atoms with E-state index in [4.69, 9.17) is 0 Å². The molecule has 0 aliphatic rings. The van der Waals surface area contributed by atoms with Gasteiger partial charge in [-0.15, -0.1) is 0 Å². The van der Waals surface area contributed by atoms with Crippen LogP contribution >= 0.6 is 0 Å². The molecule has 33 valence electrons. The van der Waals surface area contributed by atoms with Gasteiger partial charge in [-0.1, -0.05) is 0 Å². The second-order valence-electron chi connectivity index (χ2n) is 0. The Morgan fingerprint density at radius 2 is 0.500 bits per heavy atom. The SMILES string of the molecule is [Cu].[Nb].[Nb].[Sn].[Sn].[Sn]. The molecule has 0 atom stereocenters. The van der Waals surface area contributed by atoms with Crippen molar-refractivity contribution in [2.45, 2.75) is 0 Å². The Balaban J connectivity index is 0. The van der Waals surface area contributed by atoms with Gasteiger partial charge in [0.2, 0.25) is 0 Å². The molecule has 0 unspecified atom stereocenters. The average molecular weight is 605 g/mol. The summed E-state index contributed by atoms with van der Waals surface area (Å²) in [4.78, 5) is 0. The molecule has 0 nitrogen and oxygen atoms in total. The molecule has 6 heavy (non-hydrogen) atoms. The van der Waals surface area contributed by atoms with Gasteiger partial charge in [0.1, 0.15) is 0 Å². The Morgan fingerprint density at radius 3 is 0.500 bits per heavy atom. The Morgan fingerprint density at radius 1 is 0.500 bits per heavy atom. The third-order valence-electron chi connectivity index (χ3n) is 0. The van der Waals surface area contributed by atoms with Gasteiger partial charge in [0.05, 0.1) is 0 Å². The second-order valence-corrected chi connectivity index (χ2v) is 0. The first-order valence-corrected chi connectivity index (χ1v) is 0. The van der Waals surface area contributed by atoms with E-state index in [9.17, 15) is 0 Å². The van der Waals surface area contributed by atoms with Crippen LogP contribution in [0.3, 0.4) is 0 Å². The number of hydrogen-bond acceptors (Lipinski definition) is 0. The van der Waals surface area contributed by atoms with Crippen LogP contribution in [0, 0.1) is 0 Å². The summed E-state index contributed by atoms with van der Waals surface area (Å²) < 4.78 is 0. The second kappa shape index (κ2) is 34.3. The summed E-state index contributed by atoms with van der Waals surface area (Å²) in [6.45, 7) is 0. The molecule has 0 aromatic carbocycles. The third kappa shape index (κ3) is 23.8. The monoisotopic (exact) mass is 608 g/mol. The standard InChI is InChI=1S/Cu.2Nb.3Sn. The van der Waals surface area contributed by atoms with E-state index in [0.29, 0.717) is 0 Å². The molecule has 0 fully saturated rings. The molecule has 0 spiro atoms. The minimum absolute atomic E-state index is 0. The van der Waals surface area contributed by atoms with E-state index in [1.54, 1.807) is 0 Å². The summed E-state index contributed by atoms with van der Waals surface area (Å²) in [7, 11) is 0. The van der Waals surface area contributed by atoms with Crippen molar-refractivity contribution in [3.05, 3.63) is 0 Å². The Hall–Kier alpha value is 4.40. The molecule has 0 rings (SSSR count). The fourth-order valence-corrected chi connectivity index (χ4v) is 0. The Kier molecular flexibility index (Phi) is 271. The van der Waals surface area contributed by atoms with E-state index in [0.717, 1.165) is 0 Å². The van der Waals surface area contributed by atoms with Gasteiger partial charge in [-0.25, -0.2) is 0 Å². The van der Waals surface area contributed by atoms with Gasteiger partial charge < -0.3 is 0 Å². The van der Waals surface area contributed by atoms with Gasteiger partial charge in [0.15, 0.2) is 0 Å². The third-order valence-corrected chi connectivity index (χ3v) is 0. The van der Waals surface area contributed by atoms with Crippen molar-refractivity contribution >= 4 is 71.7 Å². The van der Waals surface area contributed by atoms with E-state index >= 15 is 0 Å². The molecular formula is CuNb2Sn3. The summed E-state index contributed by atoms with van der Waals surface area (Å²) in [5.41, 5.74) is 0. The van der Waals surface area contributed by atoms with Crippen LogP contribution in [0.5, 0.6) is 0 Å². The summed E-state index contributed by atoms with van der Waals surface area (Å²) in [6.07, 6.45) is 0. The van der Waals surface area contributed by atoms with Gasteiger partial charge >= 0.3 is 0 Å². The predicted octanol–water partition coefficient (Wildman–Crippen LogP) is -1.15. The molecule has 0 saturated heterocycles. The summed E-state index contributed by atoms with van der Waals surface area (Å²) >= 11 is 0. The van der Waals surface area contributed by atoms with Crippen molar-refractivity contribution in [3.8, 4) is 0 Å². The molecule has 0 aromatic heterocycles. The Labute approximate surface area is 130 Å². The van der Waals surface area contributed by atoms with Crippen LogP contribution in [0.25, 0.3) is 0 Å². The minimum atomic E-state index is 0. The normalized spacial score (nSPS) is 0. The van der Waals surface area contributed by atoms with Crippen LogP contribution in [0.1, 0.15) is 0 Å². The minimum Gasteiger partial charge on any atom is 0 e. The van der Waals surface area contributed by atoms with Gasteiger partial charge in [-0.2, -0.15) is 0 Å². The summed E-state index contributed by atoms with van der Waals surface area (Å²) in [6, 6.07) is 0.